The first-order valence-corrected chi connectivity index (χ1v) is 6.62. The monoisotopic (exact) mass is 264 g/mol. The van der Waals surface area contributed by atoms with Crippen LogP contribution in [0.1, 0.15) is 32.6 Å². The SMILES string of the molecule is CC1CCC(N(C)c2cc([N+](=O)[O-])cc(N)n2)CC1. The van der Waals surface area contributed by atoms with Gasteiger partial charge in [-0.1, -0.05) is 6.92 Å². The van der Waals surface area contributed by atoms with Crippen LogP contribution in [0.2, 0.25) is 0 Å². The average molecular weight is 264 g/mol. The summed E-state index contributed by atoms with van der Waals surface area (Å²) in [5.41, 5.74) is 5.64. The highest BCUT2D eigenvalue weighted by Gasteiger charge is 2.23. The van der Waals surface area contributed by atoms with Crippen molar-refractivity contribution in [2.24, 2.45) is 5.92 Å². The normalized spacial score (nSPS) is 23.1. The maximum atomic E-state index is 10.9. The predicted octanol–water partition coefficient (Wildman–Crippen LogP) is 2.59. The van der Waals surface area contributed by atoms with Crippen LogP contribution in [0.25, 0.3) is 0 Å². The van der Waals surface area contributed by atoms with Gasteiger partial charge in [0.05, 0.1) is 17.1 Å². The van der Waals surface area contributed by atoms with E-state index >= 15 is 0 Å². The lowest BCUT2D eigenvalue weighted by Crippen LogP contribution is -2.35. The smallest absolute Gasteiger partial charge is 0.276 e. The Morgan fingerprint density at radius 2 is 2.00 bits per heavy atom. The molecule has 0 aromatic carbocycles. The van der Waals surface area contributed by atoms with Gasteiger partial charge in [-0.25, -0.2) is 4.98 Å². The molecule has 1 heterocycles. The Balaban J connectivity index is 2.18. The topological polar surface area (TPSA) is 85.3 Å². The van der Waals surface area contributed by atoms with Crippen LogP contribution in [0.4, 0.5) is 17.3 Å². The average Bonchev–Trinajstić information content (AvgIpc) is 2.38. The molecular weight excluding hydrogens is 244 g/mol. The standard InChI is InChI=1S/C13H20N4O2/c1-9-3-5-10(6-4-9)16(2)13-8-11(17(18)19)7-12(14)15-13/h7-10H,3-6H2,1-2H3,(H2,14,15). The van der Waals surface area contributed by atoms with Gasteiger partial charge in [-0.05, 0) is 31.6 Å². The van der Waals surface area contributed by atoms with E-state index in [0.29, 0.717) is 11.9 Å². The molecular formula is C13H20N4O2. The van der Waals surface area contributed by atoms with E-state index in [4.69, 9.17) is 5.73 Å². The number of anilines is 2. The molecule has 0 unspecified atom stereocenters. The second kappa shape index (κ2) is 5.42. The molecule has 2 rings (SSSR count). The van der Waals surface area contributed by atoms with E-state index in [9.17, 15) is 10.1 Å². The summed E-state index contributed by atoms with van der Waals surface area (Å²) in [5, 5.41) is 10.9. The minimum Gasteiger partial charge on any atom is -0.383 e. The van der Waals surface area contributed by atoms with Gasteiger partial charge in [0.15, 0.2) is 0 Å². The van der Waals surface area contributed by atoms with Gasteiger partial charge in [-0.15, -0.1) is 0 Å². The molecule has 104 valence electrons. The minimum absolute atomic E-state index is 0.00136. The Bertz CT molecular complexity index is 470. The van der Waals surface area contributed by atoms with Crippen LogP contribution in [-0.2, 0) is 0 Å². The van der Waals surface area contributed by atoms with Gasteiger partial charge in [0.25, 0.3) is 5.69 Å². The van der Waals surface area contributed by atoms with Crippen LogP contribution in [0.15, 0.2) is 12.1 Å². The van der Waals surface area contributed by atoms with Gasteiger partial charge in [0.1, 0.15) is 11.6 Å². The van der Waals surface area contributed by atoms with E-state index < -0.39 is 4.92 Å². The fourth-order valence-electron chi connectivity index (χ4n) is 2.63. The van der Waals surface area contributed by atoms with Crippen molar-refractivity contribution in [3.8, 4) is 0 Å². The summed E-state index contributed by atoms with van der Waals surface area (Å²) < 4.78 is 0. The number of nitrogens with two attached hydrogens (primary N) is 1. The zero-order chi connectivity index (χ0) is 14.0. The third-order valence-electron chi connectivity index (χ3n) is 3.92. The number of aromatic nitrogens is 1. The lowest BCUT2D eigenvalue weighted by molar-refractivity contribution is -0.384. The Morgan fingerprint density at radius 1 is 1.37 bits per heavy atom. The molecule has 0 saturated heterocycles. The largest absolute Gasteiger partial charge is 0.383 e. The lowest BCUT2D eigenvalue weighted by Gasteiger charge is -2.34. The van der Waals surface area contributed by atoms with Gasteiger partial charge in [-0.2, -0.15) is 0 Å². The molecule has 1 aliphatic rings. The molecule has 1 aromatic heterocycles. The van der Waals surface area contributed by atoms with Crippen molar-refractivity contribution in [2.45, 2.75) is 38.6 Å². The summed E-state index contributed by atoms with van der Waals surface area (Å²) in [5.74, 6) is 1.55. The molecule has 6 nitrogen and oxygen atoms in total. The first kappa shape index (κ1) is 13.6. The summed E-state index contributed by atoms with van der Waals surface area (Å²) >= 11 is 0. The van der Waals surface area contributed by atoms with E-state index in [0.717, 1.165) is 18.8 Å². The molecule has 1 aromatic rings. The first-order valence-electron chi connectivity index (χ1n) is 6.62. The van der Waals surface area contributed by atoms with Crippen molar-refractivity contribution in [1.82, 2.24) is 4.98 Å². The van der Waals surface area contributed by atoms with Crippen LogP contribution in [0.5, 0.6) is 0 Å². The van der Waals surface area contributed by atoms with Crippen molar-refractivity contribution in [1.29, 1.82) is 0 Å². The minimum atomic E-state index is -0.432. The zero-order valence-electron chi connectivity index (χ0n) is 11.4. The number of nitrogens with zero attached hydrogens (tertiary/aromatic N) is 3. The molecule has 0 radical (unpaired) electrons. The van der Waals surface area contributed by atoms with Gasteiger partial charge in [0.2, 0.25) is 0 Å². The molecule has 0 atom stereocenters. The number of hydrogen-bond acceptors (Lipinski definition) is 5. The summed E-state index contributed by atoms with van der Waals surface area (Å²) in [6, 6.07) is 3.18. The summed E-state index contributed by atoms with van der Waals surface area (Å²) in [6.45, 7) is 2.26. The Hall–Kier alpha value is -1.85. The van der Waals surface area contributed by atoms with Crippen LogP contribution in [-0.4, -0.2) is 23.0 Å². The maximum Gasteiger partial charge on any atom is 0.276 e. The van der Waals surface area contributed by atoms with E-state index in [2.05, 4.69) is 11.9 Å². The van der Waals surface area contributed by atoms with E-state index in [-0.39, 0.29) is 11.5 Å². The molecule has 0 spiro atoms. The van der Waals surface area contributed by atoms with Crippen LogP contribution in [0, 0.1) is 16.0 Å². The third-order valence-corrected chi connectivity index (χ3v) is 3.92. The van der Waals surface area contributed by atoms with Crippen molar-refractivity contribution in [3.05, 3.63) is 22.2 Å². The maximum absolute atomic E-state index is 10.9. The summed E-state index contributed by atoms with van der Waals surface area (Å²) in [7, 11) is 1.94. The number of hydrogen-bond donors (Lipinski definition) is 1. The van der Waals surface area contributed by atoms with Crippen molar-refractivity contribution in [2.75, 3.05) is 17.7 Å². The predicted molar refractivity (Wildman–Crippen MR) is 75.1 cm³/mol. The molecule has 1 aliphatic carbocycles. The Kier molecular flexibility index (Phi) is 3.87. The first-order chi connectivity index (χ1) is 8.97. The third kappa shape index (κ3) is 3.13. The van der Waals surface area contributed by atoms with Crippen LogP contribution < -0.4 is 10.6 Å². The molecule has 19 heavy (non-hydrogen) atoms. The highest BCUT2D eigenvalue weighted by molar-refractivity contribution is 5.54. The molecule has 6 heteroatoms. The summed E-state index contributed by atoms with van der Waals surface area (Å²) in [6.07, 6.45) is 4.59. The number of rotatable bonds is 3. The number of pyridine rings is 1. The fraction of sp³-hybridized carbons (Fsp3) is 0.615. The number of nitrogen functional groups attached to an aromatic ring is 1. The highest BCUT2D eigenvalue weighted by Crippen LogP contribution is 2.30. The lowest BCUT2D eigenvalue weighted by atomic mass is 9.87. The molecule has 1 saturated carbocycles. The van der Waals surface area contributed by atoms with Crippen molar-refractivity contribution in [3.63, 3.8) is 0 Å². The molecule has 0 amide bonds. The van der Waals surface area contributed by atoms with E-state index in [1.165, 1.54) is 25.0 Å². The van der Waals surface area contributed by atoms with Gasteiger partial charge < -0.3 is 10.6 Å². The Labute approximate surface area is 112 Å². The molecule has 0 bridgehead atoms. The second-order valence-corrected chi connectivity index (χ2v) is 5.39. The molecule has 2 N–H and O–H groups in total. The van der Waals surface area contributed by atoms with E-state index in [1.807, 2.05) is 11.9 Å². The highest BCUT2D eigenvalue weighted by atomic mass is 16.6. The van der Waals surface area contributed by atoms with Gasteiger partial charge >= 0.3 is 0 Å². The van der Waals surface area contributed by atoms with E-state index in [1.54, 1.807) is 0 Å². The Morgan fingerprint density at radius 3 is 2.58 bits per heavy atom. The zero-order valence-corrected chi connectivity index (χ0v) is 11.4. The number of nitro groups is 1. The van der Waals surface area contributed by atoms with Crippen molar-refractivity contribution >= 4 is 17.3 Å². The van der Waals surface area contributed by atoms with Gasteiger partial charge in [0, 0.05) is 13.1 Å². The molecule has 1 fully saturated rings. The quantitative estimate of drug-likeness (QED) is 0.670. The van der Waals surface area contributed by atoms with Crippen LogP contribution >= 0.6 is 0 Å². The summed E-state index contributed by atoms with van der Waals surface area (Å²) in [4.78, 5) is 16.7. The van der Waals surface area contributed by atoms with Gasteiger partial charge in [-0.3, -0.25) is 10.1 Å². The van der Waals surface area contributed by atoms with Crippen LogP contribution in [0.3, 0.4) is 0 Å². The molecule has 0 aliphatic heterocycles. The fourth-order valence-corrected chi connectivity index (χ4v) is 2.63. The second-order valence-electron chi connectivity index (χ2n) is 5.39. The van der Waals surface area contributed by atoms with Crippen molar-refractivity contribution < 1.29 is 4.92 Å².